The number of hydrogen-bond donors (Lipinski definition) is 0. The molecule has 6 nitrogen and oxygen atoms in total. The lowest BCUT2D eigenvalue weighted by Gasteiger charge is -2.47. The molecular weight excluding hydrogens is 1260 g/mol. The third-order valence-corrected chi connectivity index (χ3v) is 21.2. The van der Waals surface area contributed by atoms with E-state index in [-0.39, 0.29) is 13.4 Å². The summed E-state index contributed by atoms with van der Waals surface area (Å²) in [5.74, 6) is 1.66. The van der Waals surface area contributed by atoms with E-state index >= 15 is 0 Å². The van der Waals surface area contributed by atoms with E-state index in [1.54, 1.807) is 0 Å². The molecule has 4 heterocycles. The lowest BCUT2D eigenvalue weighted by atomic mass is 9.30. The zero-order chi connectivity index (χ0) is 68.6. The monoisotopic (exact) mass is 1330 g/mol. The van der Waals surface area contributed by atoms with Gasteiger partial charge in [-0.25, -0.2) is 0 Å². The Hall–Kier alpha value is -13.6. The van der Waals surface area contributed by atoms with Crippen molar-refractivity contribution in [1.29, 1.82) is 0 Å². The van der Waals surface area contributed by atoms with Crippen LogP contribution in [0.2, 0.25) is 0 Å². The van der Waals surface area contributed by atoms with Crippen molar-refractivity contribution in [2.75, 3.05) is 24.5 Å². The van der Waals surface area contributed by atoms with E-state index in [9.17, 15) is 0 Å². The standard InChI is InChI=1S/C96H65B2N5O/c1-10-34-66(35-11-1)77-52-32-53-78(67-36-12-2-13-37-67)95(77)102-85-58-30-28-56-81(85)97-84-64-83-86(101(74-50-26-9-27-51-74)90-62-76(63-92-94(90)98(83)82-57-29-31-59-91(82)104-92)100(72-46-22-7-23-47-72)73-48-24-8-25-49-73)65-87(84)103(96-79(68-38-14-3-15-39-68)54-33-55-80(96)69-40-16-4-17-41-69)89-61-75(60-88(102)93(89)97)99(70-42-18-5-19-43-70)71-44-20-6-21-45-71/h1-65H. The topological polar surface area (TPSA) is 25.4 Å². The predicted octanol–water partition coefficient (Wildman–Crippen LogP) is 21.8. The van der Waals surface area contributed by atoms with Crippen LogP contribution in [-0.2, 0) is 0 Å². The molecular formula is C96H65B2N5O. The summed E-state index contributed by atoms with van der Waals surface area (Å²) in [7, 11) is 0. The van der Waals surface area contributed by atoms with Crippen LogP contribution in [0, 0.1) is 0 Å². The van der Waals surface area contributed by atoms with E-state index in [0.29, 0.717) is 0 Å². The fraction of sp³-hybridized carbons (Fsp3) is 0. The quantitative estimate of drug-likeness (QED) is 0.107. The van der Waals surface area contributed by atoms with Crippen molar-refractivity contribution in [1.82, 2.24) is 0 Å². The van der Waals surface area contributed by atoms with Crippen molar-refractivity contribution in [3.05, 3.63) is 394 Å². The first-order valence-corrected chi connectivity index (χ1v) is 35.8. The second kappa shape index (κ2) is 25.3. The highest BCUT2D eigenvalue weighted by Crippen LogP contribution is 2.56. The summed E-state index contributed by atoms with van der Waals surface area (Å²) in [5, 5.41) is 0. The number of fused-ring (bicyclic) bond motifs is 8. The van der Waals surface area contributed by atoms with Crippen molar-refractivity contribution < 1.29 is 4.74 Å². The molecule has 20 rings (SSSR count). The number of benzene rings is 16. The van der Waals surface area contributed by atoms with Crippen LogP contribution in [0.1, 0.15) is 0 Å². The summed E-state index contributed by atoms with van der Waals surface area (Å²) in [6.07, 6.45) is 0. The molecule has 0 amide bonds. The fourth-order valence-electron chi connectivity index (χ4n) is 16.9. The molecule has 0 aromatic heterocycles. The maximum atomic E-state index is 7.40. The molecule has 0 N–H and O–H groups in total. The Kier molecular flexibility index (Phi) is 14.7. The number of rotatable bonds is 13. The van der Waals surface area contributed by atoms with Gasteiger partial charge in [0.15, 0.2) is 0 Å². The Balaban J connectivity index is 0.958. The van der Waals surface area contributed by atoms with Crippen LogP contribution in [0.25, 0.3) is 44.5 Å². The van der Waals surface area contributed by atoms with Gasteiger partial charge in [0.1, 0.15) is 11.5 Å². The van der Waals surface area contributed by atoms with Gasteiger partial charge in [-0.05, 0) is 152 Å². The Morgan fingerprint density at radius 1 is 0.212 bits per heavy atom. The van der Waals surface area contributed by atoms with Crippen molar-refractivity contribution in [3.63, 3.8) is 0 Å². The van der Waals surface area contributed by atoms with Gasteiger partial charge in [-0.1, -0.05) is 291 Å². The Labute approximate surface area is 607 Å². The van der Waals surface area contributed by atoms with Crippen molar-refractivity contribution >= 4 is 132 Å². The Morgan fingerprint density at radius 3 is 0.990 bits per heavy atom. The first-order chi connectivity index (χ1) is 51.7. The first kappa shape index (κ1) is 60.4. The van der Waals surface area contributed by atoms with Crippen LogP contribution < -0.4 is 62.0 Å². The van der Waals surface area contributed by atoms with Crippen LogP contribution in [0.3, 0.4) is 0 Å². The highest BCUT2D eigenvalue weighted by molar-refractivity contribution is 7.02. The van der Waals surface area contributed by atoms with Gasteiger partial charge in [-0.15, -0.1) is 0 Å². The molecule has 0 atom stereocenters. The summed E-state index contributed by atoms with van der Waals surface area (Å²) in [5.41, 5.74) is 31.7. The van der Waals surface area contributed by atoms with Crippen molar-refractivity contribution in [2.24, 2.45) is 0 Å². The largest absolute Gasteiger partial charge is 0.458 e. The number of para-hydroxylation sites is 9. The molecule has 8 heteroatoms. The number of ether oxygens (including phenoxy) is 1. The average Bonchev–Trinajstić information content (AvgIpc) is 0.680. The molecule has 0 radical (unpaired) electrons. The van der Waals surface area contributed by atoms with Crippen molar-refractivity contribution in [2.45, 2.75) is 0 Å². The van der Waals surface area contributed by atoms with Crippen molar-refractivity contribution in [3.8, 4) is 56.0 Å². The highest BCUT2D eigenvalue weighted by Gasteiger charge is 2.49. The summed E-state index contributed by atoms with van der Waals surface area (Å²) < 4.78 is 7.40. The minimum Gasteiger partial charge on any atom is -0.458 e. The first-order valence-electron chi connectivity index (χ1n) is 35.8. The van der Waals surface area contributed by atoms with E-state index in [4.69, 9.17) is 4.74 Å². The van der Waals surface area contributed by atoms with Gasteiger partial charge in [0.05, 0.1) is 22.7 Å². The Bertz CT molecular complexity index is 5730. The minimum atomic E-state index is -0.304. The molecule has 486 valence electrons. The summed E-state index contributed by atoms with van der Waals surface area (Å²) in [6, 6.07) is 145. The zero-order valence-corrected chi connectivity index (χ0v) is 56.8. The molecule has 0 bridgehead atoms. The number of anilines is 15. The highest BCUT2D eigenvalue weighted by atomic mass is 16.5. The molecule has 16 aromatic carbocycles. The average molecular weight is 1330 g/mol. The third-order valence-electron chi connectivity index (χ3n) is 21.2. The van der Waals surface area contributed by atoms with E-state index < -0.39 is 0 Å². The second-order valence-electron chi connectivity index (χ2n) is 27.0. The molecule has 104 heavy (non-hydrogen) atoms. The van der Waals surface area contributed by atoms with Crippen LogP contribution in [0.15, 0.2) is 394 Å². The molecule has 0 saturated carbocycles. The maximum absolute atomic E-state index is 7.40. The molecule has 0 aliphatic carbocycles. The van der Waals surface area contributed by atoms with Gasteiger partial charge < -0.3 is 29.2 Å². The molecule has 0 saturated heterocycles. The van der Waals surface area contributed by atoms with E-state index in [1.807, 2.05) is 0 Å². The van der Waals surface area contributed by atoms with Crippen LogP contribution in [0.5, 0.6) is 11.5 Å². The zero-order valence-electron chi connectivity index (χ0n) is 56.8. The van der Waals surface area contributed by atoms with Crippen LogP contribution in [0.4, 0.5) is 85.3 Å². The van der Waals surface area contributed by atoms with Gasteiger partial charge in [-0.3, -0.25) is 0 Å². The maximum Gasteiger partial charge on any atom is 0.256 e. The molecule has 16 aromatic rings. The molecule has 0 spiro atoms. The molecule has 0 fully saturated rings. The van der Waals surface area contributed by atoms with E-state index in [1.165, 1.54) is 21.9 Å². The summed E-state index contributed by atoms with van der Waals surface area (Å²) >= 11 is 0. The smallest absolute Gasteiger partial charge is 0.256 e. The molecule has 0 unspecified atom stereocenters. The summed E-state index contributed by atoms with van der Waals surface area (Å²) in [4.78, 5) is 12.7. The molecule has 4 aliphatic rings. The Morgan fingerprint density at radius 2 is 0.548 bits per heavy atom. The van der Waals surface area contributed by atoms with Gasteiger partial charge in [0, 0.05) is 90.9 Å². The SMILES string of the molecule is c1ccc(-c2cccc(-c3ccccc3)c2N2c3ccccc3B3c4cc5c(cc4N(c4c(-c6ccccc6)cccc4-c4ccccc4)c4cc(N(c6ccccc6)c6ccccc6)cc2c43)N(c2ccccc2)c2cc(N(c3ccccc3)c3ccccc3)cc3c2B5c2ccccc2O3)cc1. The van der Waals surface area contributed by atoms with Gasteiger partial charge in [0.2, 0.25) is 0 Å². The predicted molar refractivity (Wildman–Crippen MR) is 437 cm³/mol. The lowest BCUT2D eigenvalue weighted by molar-refractivity contribution is 0.487. The van der Waals surface area contributed by atoms with Gasteiger partial charge in [-0.2, -0.15) is 0 Å². The van der Waals surface area contributed by atoms with E-state index in [2.05, 4.69) is 419 Å². The van der Waals surface area contributed by atoms with Gasteiger partial charge >= 0.3 is 0 Å². The summed E-state index contributed by atoms with van der Waals surface area (Å²) in [6.45, 7) is -0.553. The number of hydrogen-bond acceptors (Lipinski definition) is 6. The second-order valence-corrected chi connectivity index (χ2v) is 27.0. The van der Waals surface area contributed by atoms with Crippen LogP contribution >= 0.6 is 0 Å². The number of nitrogens with zero attached hydrogens (tertiary/aromatic N) is 5. The van der Waals surface area contributed by atoms with E-state index in [0.717, 1.165) is 152 Å². The minimum absolute atomic E-state index is 0.249. The molecule has 4 aliphatic heterocycles. The normalized spacial score (nSPS) is 12.6. The fourth-order valence-corrected chi connectivity index (χ4v) is 16.9. The lowest BCUT2D eigenvalue weighted by Crippen LogP contribution is -2.64. The third kappa shape index (κ3) is 9.97. The van der Waals surface area contributed by atoms with Gasteiger partial charge in [0.25, 0.3) is 13.4 Å². The van der Waals surface area contributed by atoms with Crippen LogP contribution in [-0.4, -0.2) is 13.4 Å².